The highest BCUT2D eigenvalue weighted by Crippen LogP contribution is 2.22. The van der Waals surface area contributed by atoms with Crippen molar-refractivity contribution >= 4 is 12.1 Å². The standard InChI is InChI=1S/C13H15NO4.C7H9N.C3H8/c1-13(8-17-12(16)18-9-13)11(15)14-7-10-5-3-2-4-6-10;8-6-7-4-2-1-3-5-7;1-3-2/h2-6H,7-9H2,1H3,(H,14,15);1-5H,6,8H2;3H2,1-2H3/i;;1T. The van der Waals surface area contributed by atoms with E-state index in [1.54, 1.807) is 6.92 Å². The van der Waals surface area contributed by atoms with Gasteiger partial charge in [-0.15, -0.1) is 0 Å². The number of ether oxygens (including phenoxy) is 2. The predicted molar refractivity (Wildman–Crippen MR) is 114 cm³/mol. The van der Waals surface area contributed by atoms with Gasteiger partial charge in [-0.05, 0) is 18.1 Å². The minimum Gasteiger partial charge on any atom is -0.433 e. The molecule has 6 nitrogen and oxygen atoms in total. The number of hydrogen-bond donors (Lipinski definition) is 2. The number of carbonyl (C=O) groups is 2. The summed E-state index contributed by atoms with van der Waals surface area (Å²) in [6.07, 6.45) is 0.267. The molecule has 1 aliphatic rings. The molecule has 158 valence electrons. The first kappa shape index (κ1) is 22.4. The molecule has 0 saturated carbocycles. The molecular weight excluding hydrogens is 368 g/mol. The van der Waals surface area contributed by atoms with Crippen LogP contribution in [0.5, 0.6) is 0 Å². The number of nitrogens with one attached hydrogen (secondary N) is 1. The third-order valence-electron chi connectivity index (χ3n) is 3.94. The van der Waals surface area contributed by atoms with Gasteiger partial charge < -0.3 is 20.5 Å². The largest absolute Gasteiger partial charge is 0.508 e. The van der Waals surface area contributed by atoms with E-state index in [0.717, 1.165) is 12.0 Å². The van der Waals surface area contributed by atoms with E-state index in [9.17, 15) is 9.59 Å². The van der Waals surface area contributed by atoms with Crippen LogP contribution in [0.1, 0.15) is 39.7 Å². The van der Waals surface area contributed by atoms with Gasteiger partial charge in [-0.2, -0.15) is 0 Å². The van der Waals surface area contributed by atoms with E-state index in [0.29, 0.717) is 20.0 Å². The fourth-order valence-electron chi connectivity index (χ4n) is 2.26. The maximum absolute atomic E-state index is 12.0. The second-order valence-electron chi connectivity index (χ2n) is 6.75. The molecule has 0 radical (unpaired) electrons. The number of nitrogens with two attached hydrogens (primary N) is 1. The number of benzene rings is 2. The molecule has 2 aromatic carbocycles. The molecular formula is C23H32N2O4. The zero-order chi connectivity index (χ0) is 22.2. The lowest BCUT2D eigenvalue weighted by Crippen LogP contribution is -2.48. The van der Waals surface area contributed by atoms with Crippen LogP contribution in [0.25, 0.3) is 0 Å². The average molecular weight is 403 g/mol. The molecule has 1 amide bonds. The Labute approximate surface area is 174 Å². The molecule has 29 heavy (non-hydrogen) atoms. The molecule has 1 fully saturated rings. The number of carbonyl (C=O) groups excluding carboxylic acids is 2. The van der Waals surface area contributed by atoms with Gasteiger partial charge in [0.2, 0.25) is 5.91 Å². The molecule has 0 unspecified atom stereocenters. The van der Waals surface area contributed by atoms with Crippen LogP contribution in [0.3, 0.4) is 0 Å². The fourth-order valence-corrected chi connectivity index (χ4v) is 2.26. The Bertz CT molecular complexity index is 729. The van der Waals surface area contributed by atoms with Crippen molar-refractivity contribution in [2.75, 3.05) is 13.2 Å². The Balaban J connectivity index is 0.000000309. The van der Waals surface area contributed by atoms with Gasteiger partial charge in [0, 0.05) is 14.5 Å². The zero-order valence-electron chi connectivity index (χ0n) is 18.2. The van der Waals surface area contributed by atoms with Crippen LogP contribution in [-0.2, 0) is 27.4 Å². The monoisotopic (exact) mass is 402 g/mol. The van der Waals surface area contributed by atoms with Gasteiger partial charge in [0.05, 0.1) is 0 Å². The Kier molecular flexibility index (Phi) is 10.3. The van der Waals surface area contributed by atoms with E-state index >= 15 is 0 Å². The number of cyclic esters (lactones) is 2. The van der Waals surface area contributed by atoms with Gasteiger partial charge in [-0.3, -0.25) is 4.79 Å². The van der Waals surface area contributed by atoms with Gasteiger partial charge in [-0.1, -0.05) is 80.9 Å². The number of hydrogen-bond acceptors (Lipinski definition) is 5. The quantitative estimate of drug-likeness (QED) is 0.753. The van der Waals surface area contributed by atoms with E-state index in [-0.39, 0.29) is 19.1 Å². The van der Waals surface area contributed by atoms with Gasteiger partial charge in [0.1, 0.15) is 18.6 Å². The van der Waals surface area contributed by atoms with Crippen LogP contribution in [0.4, 0.5) is 4.79 Å². The summed E-state index contributed by atoms with van der Waals surface area (Å²) < 4.78 is 15.9. The average Bonchev–Trinajstić information content (AvgIpc) is 2.81. The lowest BCUT2D eigenvalue weighted by molar-refractivity contribution is -0.141. The second kappa shape index (κ2) is 13.3. The molecule has 3 rings (SSSR count). The van der Waals surface area contributed by atoms with Crippen molar-refractivity contribution in [3.8, 4) is 0 Å². The molecule has 6 heteroatoms. The number of rotatable bonds is 4. The van der Waals surface area contributed by atoms with E-state index in [2.05, 4.69) is 5.32 Å². The third-order valence-corrected chi connectivity index (χ3v) is 3.94. The summed E-state index contributed by atoms with van der Waals surface area (Å²) in [5, 5.41) is 2.81. The molecule has 0 aliphatic carbocycles. The van der Waals surface area contributed by atoms with Crippen molar-refractivity contribution < 1.29 is 20.4 Å². The lowest BCUT2D eigenvalue weighted by atomic mass is 9.91. The maximum atomic E-state index is 12.0. The Morgan fingerprint density at radius 1 is 1.07 bits per heavy atom. The van der Waals surface area contributed by atoms with E-state index in [1.807, 2.05) is 67.6 Å². The fraction of sp³-hybridized carbons (Fsp3) is 0.391. The summed E-state index contributed by atoms with van der Waals surface area (Å²) in [7, 11) is 0. The van der Waals surface area contributed by atoms with Crippen molar-refractivity contribution in [1.82, 2.24) is 5.32 Å². The molecule has 0 aromatic heterocycles. The smallest absolute Gasteiger partial charge is 0.433 e. The first-order valence-corrected chi connectivity index (χ1v) is 9.60. The van der Waals surface area contributed by atoms with E-state index < -0.39 is 11.6 Å². The van der Waals surface area contributed by atoms with E-state index in [1.165, 1.54) is 5.56 Å². The summed E-state index contributed by atoms with van der Waals surface area (Å²) in [4.78, 5) is 22.8. The third kappa shape index (κ3) is 9.25. The van der Waals surface area contributed by atoms with Crippen LogP contribution in [0.15, 0.2) is 60.7 Å². The number of amides is 1. The molecule has 1 heterocycles. The Morgan fingerprint density at radius 3 is 1.97 bits per heavy atom. The normalized spacial score (nSPS) is 14.4. The highest BCUT2D eigenvalue weighted by atomic mass is 16.7. The van der Waals surface area contributed by atoms with Crippen LogP contribution in [-0.4, -0.2) is 25.3 Å². The summed E-state index contributed by atoms with van der Waals surface area (Å²) in [5.74, 6) is -0.182. The van der Waals surface area contributed by atoms with Crippen molar-refractivity contribution in [1.29, 1.82) is 0 Å². The van der Waals surface area contributed by atoms with Crippen LogP contribution >= 0.6 is 0 Å². The summed E-state index contributed by atoms with van der Waals surface area (Å²) in [6.45, 7) is 5.45. The summed E-state index contributed by atoms with van der Waals surface area (Å²) in [5.41, 5.74) is 6.74. The Morgan fingerprint density at radius 2 is 1.55 bits per heavy atom. The van der Waals surface area contributed by atoms with Crippen molar-refractivity contribution in [3.63, 3.8) is 0 Å². The van der Waals surface area contributed by atoms with Crippen molar-refractivity contribution in [2.24, 2.45) is 11.1 Å². The highest BCUT2D eigenvalue weighted by molar-refractivity contribution is 5.83. The summed E-state index contributed by atoms with van der Waals surface area (Å²) in [6, 6.07) is 19.6. The van der Waals surface area contributed by atoms with Gasteiger partial charge >= 0.3 is 6.16 Å². The van der Waals surface area contributed by atoms with Gasteiger partial charge in [0.25, 0.3) is 0 Å². The molecule has 0 spiro atoms. The van der Waals surface area contributed by atoms with Crippen molar-refractivity contribution in [2.45, 2.75) is 40.3 Å². The minimum absolute atomic E-state index is 0.0481. The predicted octanol–water partition coefficient (Wildman–Crippen LogP) is 4.04. The van der Waals surface area contributed by atoms with E-state index in [4.69, 9.17) is 16.6 Å². The first-order chi connectivity index (χ1) is 14.4. The minimum atomic E-state index is -0.817. The van der Waals surface area contributed by atoms with Crippen LogP contribution < -0.4 is 11.1 Å². The van der Waals surface area contributed by atoms with Gasteiger partial charge in [0.15, 0.2) is 0 Å². The van der Waals surface area contributed by atoms with Crippen molar-refractivity contribution in [3.05, 3.63) is 71.8 Å². The second-order valence-corrected chi connectivity index (χ2v) is 6.75. The molecule has 1 aliphatic heterocycles. The van der Waals surface area contributed by atoms with Gasteiger partial charge in [-0.25, -0.2) is 4.79 Å². The first-order valence-electron chi connectivity index (χ1n) is 10.3. The maximum Gasteiger partial charge on any atom is 0.508 e. The molecule has 0 atom stereocenters. The lowest BCUT2D eigenvalue weighted by Gasteiger charge is -2.30. The molecule has 3 N–H and O–H groups in total. The molecule has 2 aromatic rings. The van der Waals surface area contributed by atoms with Crippen LogP contribution in [0.2, 0.25) is 0 Å². The molecule has 0 bridgehead atoms. The highest BCUT2D eigenvalue weighted by Gasteiger charge is 2.40. The summed E-state index contributed by atoms with van der Waals surface area (Å²) >= 11 is 0. The molecule has 1 saturated heterocycles. The SMILES string of the molecule is CC1(C(=O)NCc2ccccc2)COC(=O)OC1.NCc1ccccc1.[3H]CCC. The Hall–Kier alpha value is -2.86. The zero-order valence-corrected chi connectivity index (χ0v) is 17.2. The van der Waals surface area contributed by atoms with Crippen LogP contribution in [0, 0.1) is 5.41 Å². The topological polar surface area (TPSA) is 90.6 Å².